The average molecular weight is 310 g/mol. The number of rotatable bonds is 4. The van der Waals surface area contributed by atoms with Crippen LogP contribution < -0.4 is 5.32 Å². The molecule has 0 aliphatic rings. The number of nitrogens with one attached hydrogen (secondary N) is 1. The Kier molecular flexibility index (Phi) is 4.91. The summed E-state index contributed by atoms with van der Waals surface area (Å²) >= 11 is 5.73. The Balaban J connectivity index is 2.14. The Hall–Kier alpha value is -1.94. The fourth-order valence-corrected chi connectivity index (χ4v) is 2.12. The number of amides is 1. The van der Waals surface area contributed by atoms with Crippen molar-refractivity contribution >= 4 is 17.5 Å². The summed E-state index contributed by atoms with van der Waals surface area (Å²) in [6, 6.07) is 9.69. The molecule has 0 bridgehead atoms. The highest BCUT2D eigenvalue weighted by Crippen LogP contribution is 2.16. The van der Waals surface area contributed by atoms with E-state index in [4.69, 9.17) is 11.6 Å². The number of halogens is 3. The number of aryl methyl sites for hydroxylation is 1. The van der Waals surface area contributed by atoms with Crippen molar-refractivity contribution in [2.24, 2.45) is 0 Å². The van der Waals surface area contributed by atoms with Gasteiger partial charge in [0, 0.05) is 12.4 Å². The highest BCUT2D eigenvalue weighted by molar-refractivity contribution is 6.17. The summed E-state index contributed by atoms with van der Waals surface area (Å²) in [4.78, 5) is 11.9. The summed E-state index contributed by atoms with van der Waals surface area (Å²) in [6.07, 6.45) is 0. The summed E-state index contributed by atoms with van der Waals surface area (Å²) in [6.45, 7) is 1.66. The molecule has 21 heavy (non-hydrogen) atoms. The van der Waals surface area contributed by atoms with Gasteiger partial charge in [0.25, 0.3) is 5.91 Å². The molecule has 0 radical (unpaired) electrons. The lowest BCUT2D eigenvalue weighted by molar-refractivity contribution is 0.0942. The monoisotopic (exact) mass is 309 g/mol. The van der Waals surface area contributed by atoms with E-state index < -0.39 is 23.1 Å². The van der Waals surface area contributed by atoms with E-state index in [2.05, 4.69) is 5.32 Å². The molecule has 110 valence electrons. The topological polar surface area (TPSA) is 29.1 Å². The van der Waals surface area contributed by atoms with E-state index >= 15 is 0 Å². The lowest BCUT2D eigenvalue weighted by Gasteiger charge is -2.09. The van der Waals surface area contributed by atoms with E-state index in [1.54, 1.807) is 6.07 Å². The largest absolute Gasteiger partial charge is 0.348 e. The van der Waals surface area contributed by atoms with E-state index in [9.17, 15) is 13.6 Å². The molecule has 1 N–H and O–H groups in total. The van der Waals surface area contributed by atoms with E-state index in [0.29, 0.717) is 5.88 Å². The maximum atomic E-state index is 13.8. The molecule has 0 unspecified atom stereocenters. The van der Waals surface area contributed by atoms with E-state index in [0.717, 1.165) is 17.2 Å². The Morgan fingerprint density at radius 2 is 1.90 bits per heavy atom. The Morgan fingerprint density at radius 3 is 2.62 bits per heavy atom. The van der Waals surface area contributed by atoms with Crippen molar-refractivity contribution in [3.63, 3.8) is 0 Å². The van der Waals surface area contributed by atoms with Gasteiger partial charge in [-0.3, -0.25) is 4.79 Å². The second-order valence-corrected chi connectivity index (χ2v) is 4.96. The smallest absolute Gasteiger partial charge is 0.257 e. The molecular weight excluding hydrogens is 296 g/mol. The van der Waals surface area contributed by atoms with E-state index in [-0.39, 0.29) is 12.1 Å². The molecule has 2 aromatic rings. The second-order valence-electron chi connectivity index (χ2n) is 4.69. The van der Waals surface area contributed by atoms with Gasteiger partial charge in [0.2, 0.25) is 0 Å². The molecule has 0 aliphatic carbocycles. The average Bonchev–Trinajstić information content (AvgIpc) is 2.49. The predicted octanol–water partition coefficient (Wildman–Crippen LogP) is 3.94. The van der Waals surface area contributed by atoms with Crippen LogP contribution in [0.4, 0.5) is 8.78 Å². The zero-order valence-corrected chi connectivity index (χ0v) is 12.2. The molecule has 0 heterocycles. The molecule has 5 heteroatoms. The van der Waals surface area contributed by atoms with Gasteiger partial charge in [-0.15, -0.1) is 11.6 Å². The van der Waals surface area contributed by atoms with Gasteiger partial charge in [-0.2, -0.15) is 0 Å². The Bertz CT molecular complexity index is 673. The van der Waals surface area contributed by atoms with Crippen LogP contribution in [-0.2, 0) is 12.4 Å². The van der Waals surface area contributed by atoms with E-state index in [1.165, 1.54) is 13.0 Å². The highest BCUT2D eigenvalue weighted by atomic mass is 35.5. The SMILES string of the molecule is Cc1ccc(F)c(C(=O)NCc2cccc(CCl)c2)c1F. The number of hydrogen-bond donors (Lipinski definition) is 1. The fraction of sp³-hybridized carbons (Fsp3) is 0.188. The van der Waals surface area contributed by atoms with Crippen LogP contribution in [0.1, 0.15) is 27.0 Å². The van der Waals surface area contributed by atoms with Gasteiger partial charge in [0.15, 0.2) is 0 Å². The summed E-state index contributed by atoms with van der Waals surface area (Å²) in [5, 5.41) is 2.51. The number of alkyl halides is 1. The molecule has 0 atom stereocenters. The van der Waals surface area contributed by atoms with E-state index in [1.807, 2.05) is 18.2 Å². The summed E-state index contributed by atoms with van der Waals surface area (Å²) < 4.78 is 27.4. The maximum Gasteiger partial charge on any atom is 0.257 e. The molecule has 0 fully saturated rings. The lowest BCUT2D eigenvalue weighted by atomic mass is 10.1. The maximum absolute atomic E-state index is 13.8. The molecule has 0 saturated carbocycles. The molecule has 0 aromatic heterocycles. The normalized spacial score (nSPS) is 10.5. The molecule has 2 rings (SSSR count). The first-order valence-corrected chi connectivity index (χ1v) is 6.93. The van der Waals surface area contributed by atoms with Gasteiger partial charge in [0.1, 0.15) is 17.2 Å². The molecular formula is C16H14ClF2NO. The van der Waals surface area contributed by atoms with Crippen molar-refractivity contribution in [1.29, 1.82) is 0 Å². The Labute approximate surface area is 126 Å². The predicted molar refractivity (Wildman–Crippen MR) is 78.3 cm³/mol. The number of carbonyl (C=O) groups is 1. The standard InChI is InChI=1S/C16H14ClF2NO/c1-10-5-6-13(18)14(15(10)19)16(21)20-9-12-4-2-3-11(7-12)8-17/h2-7H,8-9H2,1H3,(H,20,21). The minimum absolute atomic E-state index is 0.177. The van der Waals surface area contributed by atoms with Gasteiger partial charge in [-0.1, -0.05) is 30.3 Å². The first kappa shape index (κ1) is 15.4. The molecule has 2 aromatic carbocycles. The van der Waals surface area contributed by atoms with Crippen molar-refractivity contribution in [3.8, 4) is 0 Å². The van der Waals surface area contributed by atoms with Gasteiger partial charge < -0.3 is 5.32 Å². The minimum Gasteiger partial charge on any atom is -0.348 e. The quantitative estimate of drug-likeness (QED) is 0.852. The van der Waals surface area contributed by atoms with Crippen LogP contribution in [0.5, 0.6) is 0 Å². The van der Waals surface area contributed by atoms with Crippen molar-refractivity contribution in [2.75, 3.05) is 0 Å². The van der Waals surface area contributed by atoms with Crippen LogP contribution >= 0.6 is 11.6 Å². The summed E-state index contributed by atoms with van der Waals surface area (Å²) in [5.41, 5.74) is 1.40. The molecule has 0 saturated heterocycles. The van der Waals surface area contributed by atoms with Crippen LogP contribution in [0.2, 0.25) is 0 Å². The fourth-order valence-electron chi connectivity index (χ4n) is 1.96. The van der Waals surface area contributed by atoms with Gasteiger partial charge in [-0.25, -0.2) is 8.78 Å². The second kappa shape index (κ2) is 6.68. The van der Waals surface area contributed by atoms with Crippen molar-refractivity contribution in [3.05, 3.63) is 70.3 Å². The first-order chi connectivity index (χ1) is 10.0. The third kappa shape index (κ3) is 3.58. The lowest BCUT2D eigenvalue weighted by Crippen LogP contribution is -2.25. The Morgan fingerprint density at radius 1 is 1.19 bits per heavy atom. The zero-order chi connectivity index (χ0) is 15.4. The number of hydrogen-bond acceptors (Lipinski definition) is 1. The molecule has 2 nitrogen and oxygen atoms in total. The van der Waals surface area contributed by atoms with Gasteiger partial charge >= 0.3 is 0 Å². The molecule has 1 amide bonds. The minimum atomic E-state index is -0.870. The number of benzene rings is 2. The van der Waals surface area contributed by atoms with Crippen molar-refractivity contribution in [2.45, 2.75) is 19.3 Å². The molecule has 0 spiro atoms. The third-order valence-corrected chi connectivity index (χ3v) is 3.42. The van der Waals surface area contributed by atoms with Crippen molar-refractivity contribution < 1.29 is 13.6 Å². The van der Waals surface area contributed by atoms with Crippen LogP contribution in [0.25, 0.3) is 0 Å². The highest BCUT2D eigenvalue weighted by Gasteiger charge is 2.18. The number of carbonyl (C=O) groups excluding carboxylic acids is 1. The van der Waals surface area contributed by atoms with Gasteiger partial charge in [0.05, 0.1) is 0 Å². The van der Waals surface area contributed by atoms with Crippen LogP contribution in [0.15, 0.2) is 36.4 Å². The summed E-state index contributed by atoms with van der Waals surface area (Å²) in [5.74, 6) is -2.11. The zero-order valence-electron chi connectivity index (χ0n) is 11.4. The summed E-state index contributed by atoms with van der Waals surface area (Å²) in [7, 11) is 0. The molecule has 0 aliphatic heterocycles. The van der Waals surface area contributed by atoms with Gasteiger partial charge in [-0.05, 0) is 29.7 Å². The van der Waals surface area contributed by atoms with Crippen molar-refractivity contribution in [1.82, 2.24) is 5.32 Å². The van der Waals surface area contributed by atoms with Crippen LogP contribution in [-0.4, -0.2) is 5.91 Å². The third-order valence-electron chi connectivity index (χ3n) is 3.11. The van der Waals surface area contributed by atoms with Crippen LogP contribution in [0, 0.1) is 18.6 Å². The van der Waals surface area contributed by atoms with Crippen LogP contribution in [0.3, 0.4) is 0 Å². The first-order valence-electron chi connectivity index (χ1n) is 6.39.